The summed E-state index contributed by atoms with van der Waals surface area (Å²) in [5.74, 6) is 0.354. The van der Waals surface area contributed by atoms with E-state index in [2.05, 4.69) is 22.8 Å². The van der Waals surface area contributed by atoms with E-state index in [1.165, 1.54) is 6.39 Å². The second-order valence-electron chi connectivity index (χ2n) is 5.62. The van der Waals surface area contributed by atoms with Crippen molar-refractivity contribution in [2.75, 3.05) is 6.54 Å². The maximum Gasteiger partial charge on any atom is 0.254 e. The van der Waals surface area contributed by atoms with Gasteiger partial charge in [0.2, 0.25) is 12.2 Å². The summed E-state index contributed by atoms with van der Waals surface area (Å²) in [6.45, 7) is 4.53. The first-order chi connectivity index (χ1) is 12.7. The van der Waals surface area contributed by atoms with E-state index in [9.17, 15) is 4.79 Å². The highest BCUT2D eigenvalue weighted by Gasteiger charge is 2.16. The van der Waals surface area contributed by atoms with Gasteiger partial charge >= 0.3 is 0 Å². The predicted molar refractivity (Wildman–Crippen MR) is 95.8 cm³/mol. The Labute approximate surface area is 151 Å². The third kappa shape index (κ3) is 3.84. The van der Waals surface area contributed by atoms with Gasteiger partial charge in [0.1, 0.15) is 0 Å². The number of benzene rings is 2. The number of nitriles is 1. The second kappa shape index (κ2) is 7.90. The first-order valence-electron chi connectivity index (χ1n) is 7.97. The van der Waals surface area contributed by atoms with Crippen LogP contribution in [0, 0.1) is 11.3 Å². The van der Waals surface area contributed by atoms with Gasteiger partial charge in [0, 0.05) is 24.2 Å². The van der Waals surface area contributed by atoms with Crippen molar-refractivity contribution in [2.45, 2.75) is 6.54 Å². The highest BCUT2D eigenvalue weighted by Crippen LogP contribution is 2.17. The van der Waals surface area contributed by atoms with Crippen molar-refractivity contribution in [1.82, 2.24) is 15.0 Å². The number of carbonyl (C=O) groups excluding carboxylic acids is 1. The summed E-state index contributed by atoms with van der Waals surface area (Å²) < 4.78 is 4.73. The van der Waals surface area contributed by atoms with E-state index in [4.69, 9.17) is 9.78 Å². The summed E-state index contributed by atoms with van der Waals surface area (Å²) in [7, 11) is 0. The Bertz CT molecular complexity index is 941. The van der Waals surface area contributed by atoms with Gasteiger partial charge < -0.3 is 9.42 Å². The summed E-state index contributed by atoms with van der Waals surface area (Å²) in [4.78, 5) is 18.5. The Morgan fingerprint density at radius 1 is 1.27 bits per heavy atom. The number of hydrogen-bond donors (Lipinski definition) is 0. The molecule has 0 saturated carbocycles. The molecule has 0 aliphatic heterocycles. The highest BCUT2D eigenvalue weighted by atomic mass is 16.5. The normalized spacial score (nSPS) is 10.1. The van der Waals surface area contributed by atoms with E-state index in [0.717, 1.165) is 11.1 Å². The van der Waals surface area contributed by atoms with Gasteiger partial charge in [-0.2, -0.15) is 10.2 Å². The minimum atomic E-state index is -0.119. The Morgan fingerprint density at radius 2 is 2.08 bits per heavy atom. The molecule has 0 atom stereocenters. The highest BCUT2D eigenvalue weighted by molar-refractivity contribution is 5.94. The summed E-state index contributed by atoms with van der Waals surface area (Å²) in [6.07, 6.45) is 2.94. The minimum Gasteiger partial charge on any atom is -0.342 e. The maximum atomic E-state index is 12.9. The Morgan fingerprint density at radius 3 is 2.73 bits per heavy atom. The molecule has 1 amide bonds. The average molecular weight is 344 g/mol. The number of hydrogen-bond acceptors (Lipinski definition) is 5. The lowest BCUT2D eigenvalue weighted by molar-refractivity contribution is 0.0762. The summed E-state index contributed by atoms with van der Waals surface area (Å²) >= 11 is 0. The molecule has 0 aliphatic rings. The standard InChI is InChI=1S/C20H16N4O2/c1-2-10-24(13-16-5-3-4-15(11-16)12-21)20(25)18-8-6-17(7-9-18)19-22-14-26-23-19/h2-9,11,14H,1,10,13H2. The van der Waals surface area contributed by atoms with Crippen LogP contribution in [-0.4, -0.2) is 27.5 Å². The first kappa shape index (κ1) is 17.1. The van der Waals surface area contributed by atoms with E-state index < -0.39 is 0 Å². The molecule has 0 spiro atoms. The smallest absolute Gasteiger partial charge is 0.254 e. The van der Waals surface area contributed by atoms with Gasteiger partial charge in [-0.1, -0.05) is 35.5 Å². The number of amides is 1. The molecule has 0 aliphatic carbocycles. The first-order valence-corrected chi connectivity index (χ1v) is 7.97. The van der Waals surface area contributed by atoms with E-state index >= 15 is 0 Å². The van der Waals surface area contributed by atoms with Gasteiger partial charge in [-0.25, -0.2) is 0 Å². The van der Waals surface area contributed by atoms with Gasteiger partial charge in [-0.15, -0.1) is 6.58 Å². The van der Waals surface area contributed by atoms with Crippen molar-refractivity contribution in [1.29, 1.82) is 5.26 Å². The van der Waals surface area contributed by atoms with E-state index in [1.807, 2.05) is 12.1 Å². The van der Waals surface area contributed by atoms with Crippen LogP contribution >= 0.6 is 0 Å². The predicted octanol–water partition coefficient (Wildman–Crippen LogP) is 3.44. The van der Waals surface area contributed by atoms with Gasteiger partial charge in [-0.3, -0.25) is 4.79 Å². The van der Waals surface area contributed by atoms with Gasteiger partial charge in [0.25, 0.3) is 5.91 Å². The van der Waals surface area contributed by atoms with Crippen LogP contribution in [0.4, 0.5) is 0 Å². The summed E-state index contributed by atoms with van der Waals surface area (Å²) in [5.41, 5.74) is 2.78. The lowest BCUT2D eigenvalue weighted by Gasteiger charge is -2.21. The molecule has 0 bridgehead atoms. The van der Waals surface area contributed by atoms with Crippen LogP contribution in [0.15, 0.2) is 72.1 Å². The van der Waals surface area contributed by atoms with Crippen LogP contribution < -0.4 is 0 Å². The molecule has 6 heteroatoms. The molecule has 0 fully saturated rings. The number of nitrogens with zero attached hydrogens (tertiary/aromatic N) is 4. The second-order valence-corrected chi connectivity index (χ2v) is 5.62. The third-order valence-electron chi connectivity index (χ3n) is 3.82. The van der Waals surface area contributed by atoms with E-state index in [-0.39, 0.29) is 5.91 Å². The van der Waals surface area contributed by atoms with Crippen molar-refractivity contribution in [3.05, 3.63) is 84.3 Å². The average Bonchev–Trinajstić information content (AvgIpc) is 3.22. The fourth-order valence-corrected chi connectivity index (χ4v) is 2.58. The zero-order chi connectivity index (χ0) is 18.4. The van der Waals surface area contributed by atoms with Crippen molar-refractivity contribution in [3.63, 3.8) is 0 Å². The quantitative estimate of drug-likeness (QED) is 0.640. The molecule has 26 heavy (non-hydrogen) atoms. The number of rotatable bonds is 6. The van der Waals surface area contributed by atoms with E-state index in [0.29, 0.717) is 30.0 Å². The fraction of sp³-hybridized carbons (Fsp3) is 0.100. The topological polar surface area (TPSA) is 83.0 Å². The SMILES string of the molecule is C=CCN(Cc1cccc(C#N)c1)C(=O)c1ccc(-c2ncon2)cc1. The number of aromatic nitrogens is 2. The number of carbonyl (C=O) groups is 1. The zero-order valence-electron chi connectivity index (χ0n) is 14.0. The molecule has 128 valence electrons. The molecule has 1 aromatic heterocycles. The van der Waals surface area contributed by atoms with Gasteiger partial charge in [0.15, 0.2) is 0 Å². The fourth-order valence-electron chi connectivity index (χ4n) is 2.58. The molecule has 0 N–H and O–H groups in total. The Hall–Kier alpha value is -3.72. The van der Waals surface area contributed by atoms with Crippen LogP contribution in [0.1, 0.15) is 21.5 Å². The van der Waals surface area contributed by atoms with Gasteiger partial charge in [0.05, 0.1) is 11.6 Å². The molecule has 0 saturated heterocycles. The third-order valence-corrected chi connectivity index (χ3v) is 3.82. The molecule has 0 radical (unpaired) electrons. The molecule has 3 aromatic rings. The van der Waals surface area contributed by atoms with Crippen molar-refractivity contribution >= 4 is 5.91 Å². The molecule has 1 heterocycles. The molecule has 2 aromatic carbocycles. The van der Waals surface area contributed by atoms with E-state index in [1.54, 1.807) is 47.4 Å². The van der Waals surface area contributed by atoms with Crippen LogP contribution in [0.2, 0.25) is 0 Å². The summed E-state index contributed by atoms with van der Waals surface area (Å²) in [5, 5.41) is 12.8. The van der Waals surface area contributed by atoms with Crippen molar-refractivity contribution in [2.24, 2.45) is 0 Å². The van der Waals surface area contributed by atoms with Crippen LogP contribution in [0.25, 0.3) is 11.4 Å². The summed E-state index contributed by atoms with van der Waals surface area (Å²) in [6, 6.07) is 16.3. The van der Waals surface area contributed by atoms with Crippen LogP contribution in [0.3, 0.4) is 0 Å². The lowest BCUT2D eigenvalue weighted by atomic mass is 10.1. The molecule has 3 rings (SSSR count). The maximum absolute atomic E-state index is 12.9. The van der Waals surface area contributed by atoms with Crippen LogP contribution in [-0.2, 0) is 6.54 Å². The zero-order valence-corrected chi connectivity index (χ0v) is 14.0. The Kier molecular flexibility index (Phi) is 5.20. The molecular weight excluding hydrogens is 328 g/mol. The van der Waals surface area contributed by atoms with Gasteiger partial charge in [-0.05, 0) is 29.8 Å². The Balaban J connectivity index is 1.79. The lowest BCUT2D eigenvalue weighted by Crippen LogP contribution is -2.30. The molecule has 6 nitrogen and oxygen atoms in total. The largest absolute Gasteiger partial charge is 0.342 e. The van der Waals surface area contributed by atoms with Crippen molar-refractivity contribution in [3.8, 4) is 17.5 Å². The van der Waals surface area contributed by atoms with Crippen LogP contribution in [0.5, 0.6) is 0 Å². The van der Waals surface area contributed by atoms with Crippen molar-refractivity contribution < 1.29 is 9.32 Å². The molecule has 0 unspecified atom stereocenters. The minimum absolute atomic E-state index is 0.119. The monoisotopic (exact) mass is 344 g/mol. The molecular formula is C20H16N4O2.